The molecular formula is C60H117NO7P+. The summed E-state index contributed by atoms with van der Waals surface area (Å²) in [5.74, 6) is -0.311. The molecule has 9 heteroatoms. The summed E-state index contributed by atoms with van der Waals surface area (Å²) < 4.78 is 35.3. The molecular weight excluding hydrogens is 878 g/mol. The number of unbranched alkanes of at least 4 members (excludes halogenated alkanes) is 36. The molecule has 0 saturated heterocycles. The van der Waals surface area contributed by atoms with Crippen molar-refractivity contribution in [2.24, 2.45) is 0 Å². The monoisotopic (exact) mass is 995 g/mol. The van der Waals surface area contributed by atoms with Gasteiger partial charge in [-0.05, 0) is 70.6 Å². The first-order valence-electron chi connectivity index (χ1n) is 29.7. The highest BCUT2D eigenvalue weighted by atomic mass is 31.2. The second-order valence-electron chi connectivity index (χ2n) is 21.4. The lowest BCUT2D eigenvalue weighted by Crippen LogP contribution is -2.37. The molecule has 0 aromatic rings. The predicted molar refractivity (Wildman–Crippen MR) is 298 cm³/mol. The van der Waals surface area contributed by atoms with E-state index < -0.39 is 13.9 Å². The minimum Gasteiger partial charge on any atom is -0.457 e. The van der Waals surface area contributed by atoms with Gasteiger partial charge in [-0.3, -0.25) is 13.8 Å². The highest BCUT2D eigenvalue weighted by Gasteiger charge is 2.26. The van der Waals surface area contributed by atoms with Crippen molar-refractivity contribution in [2.75, 3.05) is 54.1 Å². The Hall–Kier alpha value is -1.28. The van der Waals surface area contributed by atoms with E-state index in [2.05, 4.69) is 50.3 Å². The van der Waals surface area contributed by atoms with Crippen molar-refractivity contribution in [2.45, 2.75) is 290 Å². The van der Waals surface area contributed by atoms with Gasteiger partial charge >= 0.3 is 13.8 Å². The molecule has 408 valence electrons. The summed E-state index contributed by atoms with van der Waals surface area (Å²) in [6, 6.07) is 0. The van der Waals surface area contributed by atoms with Crippen LogP contribution in [0.5, 0.6) is 0 Å². The van der Waals surface area contributed by atoms with Gasteiger partial charge in [-0.2, -0.15) is 0 Å². The number of phosphoric acid groups is 1. The first-order valence-corrected chi connectivity index (χ1v) is 31.2. The number of carbonyl (C=O) groups is 1. The molecule has 0 amide bonds. The Labute approximate surface area is 429 Å². The van der Waals surface area contributed by atoms with E-state index in [4.69, 9.17) is 18.5 Å². The molecule has 0 bridgehead atoms. The standard InChI is InChI=1S/C60H116NO7P/c1-6-8-10-12-14-16-18-20-22-24-26-28-30-32-34-36-38-40-42-44-46-48-50-52-55-65-57-59(58-67-69(63,64)66-56-54-61(3,4)5)68-60(62)53-51-49-47-45-43-41-39-37-35-33-31-29-27-25-23-21-19-17-15-13-11-9-7-2/h19,21,24-27,59H,6-18,20,22-23,28-58H2,1-5H3/p+1/b21-19-,26-24-,27-25-. The quantitative estimate of drug-likeness (QED) is 0.0213. The van der Waals surface area contributed by atoms with Crippen molar-refractivity contribution in [1.82, 2.24) is 0 Å². The smallest absolute Gasteiger partial charge is 0.457 e. The Morgan fingerprint density at radius 2 is 0.797 bits per heavy atom. The van der Waals surface area contributed by atoms with Crippen LogP contribution < -0.4 is 0 Å². The molecule has 2 unspecified atom stereocenters. The van der Waals surface area contributed by atoms with Gasteiger partial charge in [0, 0.05) is 13.0 Å². The molecule has 0 aliphatic rings. The summed E-state index contributed by atoms with van der Waals surface area (Å²) in [5, 5.41) is 0. The van der Waals surface area contributed by atoms with Gasteiger partial charge in [0.2, 0.25) is 0 Å². The largest absolute Gasteiger partial charge is 0.472 e. The van der Waals surface area contributed by atoms with Crippen LogP contribution in [-0.2, 0) is 27.9 Å². The van der Waals surface area contributed by atoms with Gasteiger partial charge < -0.3 is 18.9 Å². The average molecular weight is 996 g/mol. The van der Waals surface area contributed by atoms with Crippen molar-refractivity contribution in [3.63, 3.8) is 0 Å². The number of nitrogens with zero attached hydrogens (tertiary/aromatic N) is 1. The maximum atomic E-state index is 12.8. The van der Waals surface area contributed by atoms with Crippen LogP contribution in [0.4, 0.5) is 0 Å². The molecule has 0 fully saturated rings. The summed E-state index contributed by atoms with van der Waals surface area (Å²) in [5.41, 5.74) is 0. The first-order chi connectivity index (χ1) is 33.6. The van der Waals surface area contributed by atoms with Gasteiger partial charge in [-0.1, -0.05) is 243 Å². The summed E-state index contributed by atoms with van der Waals surface area (Å²) in [7, 11) is 1.68. The number of phosphoric ester groups is 1. The average Bonchev–Trinajstić information content (AvgIpc) is 3.31. The third-order valence-corrected chi connectivity index (χ3v) is 14.2. The third kappa shape index (κ3) is 57.5. The zero-order valence-electron chi connectivity index (χ0n) is 46.6. The molecule has 0 heterocycles. The number of hydrogen-bond donors (Lipinski definition) is 1. The van der Waals surface area contributed by atoms with E-state index in [0.717, 1.165) is 38.5 Å². The molecule has 0 radical (unpaired) electrons. The molecule has 2 atom stereocenters. The maximum Gasteiger partial charge on any atom is 0.472 e. The first kappa shape index (κ1) is 67.7. The zero-order chi connectivity index (χ0) is 50.5. The number of allylic oxidation sites excluding steroid dienone is 6. The molecule has 0 rings (SSSR count). The Bertz CT molecular complexity index is 1200. The molecule has 0 saturated carbocycles. The maximum absolute atomic E-state index is 12.8. The lowest BCUT2D eigenvalue weighted by molar-refractivity contribution is -0.870. The summed E-state index contributed by atoms with van der Waals surface area (Å²) in [6.07, 6.45) is 66.4. The van der Waals surface area contributed by atoms with Crippen LogP contribution in [0, 0.1) is 0 Å². The van der Waals surface area contributed by atoms with Gasteiger partial charge in [-0.15, -0.1) is 0 Å². The van der Waals surface area contributed by atoms with E-state index in [0.29, 0.717) is 24.1 Å². The minimum atomic E-state index is -4.28. The zero-order valence-corrected chi connectivity index (χ0v) is 47.5. The Kier molecular flexibility index (Phi) is 52.0. The Balaban J connectivity index is 4.04. The van der Waals surface area contributed by atoms with Gasteiger partial charge in [0.05, 0.1) is 34.4 Å². The Morgan fingerprint density at radius 3 is 1.19 bits per heavy atom. The van der Waals surface area contributed by atoms with Crippen LogP contribution in [0.3, 0.4) is 0 Å². The van der Waals surface area contributed by atoms with Gasteiger partial charge in [0.1, 0.15) is 19.3 Å². The molecule has 8 nitrogen and oxygen atoms in total. The van der Waals surface area contributed by atoms with E-state index in [-0.39, 0.29) is 25.8 Å². The van der Waals surface area contributed by atoms with E-state index >= 15 is 0 Å². The van der Waals surface area contributed by atoms with Crippen molar-refractivity contribution in [3.05, 3.63) is 36.5 Å². The lowest BCUT2D eigenvalue weighted by Gasteiger charge is -2.24. The SMILES string of the molecule is CCCCCCC/C=C\C/C=C\CCCCCCCCCCCCCC(=O)OC(COCCCCCCCCCCCCCC/C=C\CCCCCCCCCC)COP(=O)(O)OCC[N+](C)(C)C. The van der Waals surface area contributed by atoms with Crippen LogP contribution in [0.15, 0.2) is 36.5 Å². The molecule has 0 aliphatic heterocycles. The minimum absolute atomic E-state index is 0.0892. The van der Waals surface area contributed by atoms with Crippen LogP contribution in [0.2, 0.25) is 0 Å². The highest BCUT2D eigenvalue weighted by molar-refractivity contribution is 7.47. The number of carbonyl (C=O) groups excluding carboxylic acids is 1. The van der Waals surface area contributed by atoms with Crippen molar-refractivity contribution in [3.8, 4) is 0 Å². The fourth-order valence-electron chi connectivity index (χ4n) is 8.58. The Morgan fingerprint density at radius 1 is 0.449 bits per heavy atom. The number of hydrogen-bond acceptors (Lipinski definition) is 6. The van der Waals surface area contributed by atoms with Crippen molar-refractivity contribution in [1.29, 1.82) is 0 Å². The summed E-state index contributed by atoms with van der Waals surface area (Å²) >= 11 is 0. The summed E-state index contributed by atoms with van der Waals surface area (Å²) in [6.45, 7) is 5.66. The molecule has 1 N–H and O–H groups in total. The molecule has 0 aliphatic carbocycles. The van der Waals surface area contributed by atoms with Gasteiger partial charge in [-0.25, -0.2) is 4.57 Å². The van der Waals surface area contributed by atoms with E-state index in [1.54, 1.807) is 0 Å². The normalized spacial score (nSPS) is 13.7. The van der Waals surface area contributed by atoms with Crippen LogP contribution in [0.1, 0.15) is 284 Å². The number of rotatable bonds is 56. The number of esters is 1. The van der Waals surface area contributed by atoms with Crippen molar-refractivity contribution < 1.29 is 37.3 Å². The number of likely N-dealkylation sites (N-methyl/N-ethyl adjacent to an activating group) is 1. The van der Waals surface area contributed by atoms with Crippen molar-refractivity contribution >= 4 is 13.8 Å². The highest BCUT2D eigenvalue weighted by Crippen LogP contribution is 2.43. The second kappa shape index (κ2) is 53.0. The number of quaternary nitrogens is 1. The van der Waals surface area contributed by atoms with Crippen LogP contribution in [0.25, 0.3) is 0 Å². The second-order valence-corrected chi connectivity index (χ2v) is 22.8. The predicted octanol–water partition coefficient (Wildman–Crippen LogP) is 18.8. The number of ether oxygens (including phenoxy) is 2. The van der Waals surface area contributed by atoms with Crippen LogP contribution in [-0.4, -0.2) is 75.6 Å². The van der Waals surface area contributed by atoms with Gasteiger partial charge in [0.15, 0.2) is 0 Å². The lowest BCUT2D eigenvalue weighted by atomic mass is 10.0. The fourth-order valence-corrected chi connectivity index (χ4v) is 9.32. The molecule has 0 aromatic carbocycles. The summed E-state index contributed by atoms with van der Waals surface area (Å²) in [4.78, 5) is 23.1. The van der Waals surface area contributed by atoms with E-state index in [1.807, 2.05) is 21.1 Å². The third-order valence-electron chi connectivity index (χ3n) is 13.2. The molecule has 0 aromatic heterocycles. The van der Waals surface area contributed by atoms with Gasteiger partial charge in [0.25, 0.3) is 0 Å². The van der Waals surface area contributed by atoms with E-state index in [1.165, 1.54) is 225 Å². The van der Waals surface area contributed by atoms with Crippen LogP contribution >= 0.6 is 7.82 Å². The fraction of sp³-hybridized carbons (Fsp3) is 0.883. The van der Waals surface area contributed by atoms with E-state index in [9.17, 15) is 14.3 Å². The molecule has 0 spiro atoms. The topological polar surface area (TPSA) is 91.3 Å². The molecule has 69 heavy (non-hydrogen) atoms.